The van der Waals surface area contributed by atoms with Gasteiger partial charge < -0.3 is 4.79 Å². The Kier molecular flexibility index (Phi) is 3.15. The molecule has 0 N–H and O–H groups in total. The largest absolute Gasteiger partial charge is 0.307 e. The second-order valence-corrected chi connectivity index (χ2v) is 3.75. The van der Waals surface area contributed by atoms with Crippen LogP contribution in [0.15, 0.2) is 48.5 Å². The maximum Gasteiger partial charge on any atom is 0.194 e. The van der Waals surface area contributed by atoms with Crippen LogP contribution in [-0.4, -0.2) is 18.4 Å². The lowest BCUT2D eigenvalue weighted by Crippen LogP contribution is -2.20. The maximum absolute atomic E-state index is 12.1. The van der Waals surface area contributed by atoms with Gasteiger partial charge in [-0.1, -0.05) is 48.5 Å². The molecule has 0 amide bonds. The van der Waals surface area contributed by atoms with E-state index in [9.17, 15) is 9.59 Å². The summed E-state index contributed by atoms with van der Waals surface area (Å²) in [5.41, 5.74) is 2.02. The summed E-state index contributed by atoms with van der Waals surface area (Å²) < 4.78 is 0. The van der Waals surface area contributed by atoms with E-state index in [2.05, 4.69) is 0 Å². The zero-order valence-electron chi connectivity index (χ0n) is 9.55. The summed E-state index contributed by atoms with van der Waals surface area (Å²) in [6.45, 7) is 2.00. The van der Waals surface area contributed by atoms with Crippen molar-refractivity contribution in [2.24, 2.45) is 0 Å². The molecular weight excluding hydrogens is 228 g/mol. The summed E-state index contributed by atoms with van der Waals surface area (Å²) in [7, 11) is 0. The highest BCUT2D eigenvalue weighted by Crippen LogP contribution is 2.26. The van der Waals surface area contributed by atoms with E-state index in [0.29, 0.717) is 22.3 Å². The molecule has 0 atom stereocenters. The van der Waals surface area contributed by atoms with Crippen molar-refractivity contribution in [1.82, 2.24) is 0 Å². The number of hydrogen-bond acceptors (Lipinski definition) is 3. The molecule has 0 radical (unpaired) electrons. The van der Waals surface area contributed by atoms with Crippen molar-refractivity contribution in [3.63, 3.8) is 0 Å². The minimum atomic E-state index is -0.0641. The highest BCUT2D eigenvalue weighted by Gasteiger charge is 2.28. The normalized spacial score (nSPS) is 12.0. The van der Waals surface area contributed by atoms with Gasteiger partial charge in [0.1, 0.15) is 6.79 Å². The number of benzene rings is 2. The van der Waals surface area contributed by atoms with Gasteiger partial charge in [0.15, 0.2) is 11.6 Å². The van der Waals surface area contributed by atoms with E-state index < -0.39 is 0 Å². The highest BCUT2D eigenvalue weighted by atomic mass is 16.1. The van der Waals surface area contributed by atoms with Crippen molar-refractivity contribution in [1.29, 1.82) is 0 Å². The minimum absolute atomic E-state index is 0.0641. The van der Waals surface area contributed by atoms with Crippen molar-refractivity contribution >= 4 is 18.4 Å². The first-order chi connectivity index (χ1) is 8.79. The molecule has 0 heterocycles. The number of fused-ring (bicyclic) bond motifs is 2. The fourth-order valence-electron chi connectivity index (χ4n) is 2.05. The molecule has 88 valence electrons. The first-order valence-electron chi connectivity index (χ1n) is 5.35. The number of hydrogen-bond donors (Lipinski definition) is 0. The van der Waals surface area contributed by atoms with Gasteiger partial charge in [-0.2, -0.15) is 0 Å². The van der Waals surface area contributed by atoms with Gasteiger partial charge in [-0.25, -0.2) is 0 Å². The molecule has 0 aromatic heterocycles. The summed E-state index contributed by atoms with van der Waals surface area (Å²) in [6, 6.07) is 13.9. The molecule has 0 aliphatic heterocycles. The van der Waals surface area contributed by atoms with Crippen LogP contribution < -0.4 is 0 Å². The monoisotopic (exact) mass is 238 g/mol. The number of rotatable bonds is 0. The SMILES string of the molecule is C=O.O=C1c2ccccc2C(=O)c2ccccc21. The van der Waals surface area contributed by atoms with Gasteiger partial charge in [-0.3, -0.25) is 9.59 Å². The Labute approximate surface area is 104 Å². The second-order valence-electron chi connectivity index (χ2n) is 3.75. The molecule has 2 aromatic carbocycles. The van der Waals surface area contributed by atoms with Crippen molar-refractivity contribution in [3.05, 3.63) is 70.8 Å². The Bertz CT molecular complexity index is 524. The predicted molar refractivity (Wildman–Crippen MR) is 66.9 cm³/mol. The highest BCUT2D eigenvalue weighted by molar-refractivity contribution is 6.28. The van der Waals surface area contributed by atoms with Crippen LogP contribution in [0.1, 0.15) is 31.8 Å². The molecule has 1 aliphatic rings. The van der Waals surface area contributed by atoms with E-state index >= 15 is 0 Å². The third kappa shape index (κ3) is 1.66. The van der Waals surface area contributed by atoms with Crippen LogP contribution in [-0.2, 0) is 4.79 Å². The lowest BCUT2D eigenvalue weighted by atomic mass is 9.84. The van der Waals surface area contributed by atoms with Gasteiger partial charge in [-0.05, 0) is 0 Å². The maximum atomic E-state index is 12.1. The summed E-state index contributed by atoms with van der Waals surface area (Å²) in [5, 5.41) is 0. The van der Waals surface area contributed by atoms with E-state index in [1.807, 2.05) is 6.79 Å². The summed E-state index contributed by atoms with van der Waals surface area (Å²) in [6.07, 6.45) is 0. The lowest BCUT2D eigenvalue weighted by molar-refractivity contribution is -0.0980. The summed E-state index contributed by atoms with van der Waals surface area (Å²) in [4.78, 5) is 32.2. The smallest absolute Gasteiger partial charge is 0.194 e. The quantitative estimate of drug-likeness (QED) is 0.603. The molecule has 1 aliphatic carbocycles. The molecule has 0 bridgehead atoms. The van der Waals surface area contributed by atoms with Crippen LogP contribution >= 0.6 is 0 Å². The first-order valence-corrected chi connectivity index (χ1v) is 5.35. The van der Waals surface area contributed by atoms with Crippen molar-refractivity contribution in [2.75, 3.05) is 0 Å². The fourth-order valence-corrected chi connectivity index (χ4v) is 2.05. The average Bonchev–Trinajstić information content (AvgIpc) is 2.47. The average molecular weight is 238 g/mol. The molecular formula is C15H10O3. The summed E-state index contributed by atoms with van der Waals surface area (Å²) in [5.74, 6) is -0.128. The molecule has 3 rings (SSSR count). The fraction of sp³-hybridized carbons (Fsp3) is 0. The van der Waals surface area contributed by atoms with Gasteiger partial charge in [0.25, 0.3) is 0 Å². The number of carbonyl (C=O) groups excluding carboxylic acids is 3. The van der Waals surface area contributed by atoms with Gasteiger partial charge in [0.05, 0.1) is 0 Å². The van der Waals surface area contributed by atoms with E-state index in [0.717, 1.165) is 0 Å². The third-order valence-corrected chi connectivity index (χ3v) is 2.83. The third-order valence-electron chi connectivity index (χ3n) is 2.83. The first kappa shape index (κ1) is 11.9. The Hall–Kier alpha value is -2.55. The molecule has 18 heavy (non-hydrogen) atoms. The molecule has 2 aromatic rings. The summed E-state index contributed by atoms with van der Waals surface area (Å²) >= 11 is 0. The lowest BCUT2D eigenvalue weighted by Gasteiger charge is -2.16. The van der Waals surface area contributed by atoms with Crippen LogP contribution in [0.2, 0.25) is 0 Å². The van der Waals surface area contributed by atoms with Crippen LogP contribution in [0.5, 0.6) is 0 Å². The Morgan fingerprint density at radius 3 is 1.00 bits per heavy atom. The molecule has 3 nitrogen and oxygen atoms in total. The van der Waals surface area contributed by atoms with Crippen LogP contribution in [0.3, 0.4) is 0 Å². The van der Waals surface area contributed by atoms with E-state index in [-0.39, 0.29) is 11.6 Å². The topological polar surface area (TPSA) is 51.2 Å². The standard InChI is InChI=1S/C14H8O2.CH2O/c15-13-9-5-1-2-6-10(9)14(16)12-8-4-3-7-11(12)13;1-2/h1-8H;1H2. The second kappa shape index (κ2) is 4.75. The Morgan fingerprint density at radius 2 is 0.778 bits per heavy atom. The van der Waals surface area contributed by atoms with E-state index in [1.54, 1.807) is 48.5 Å². The predicted octanol–water partition coefficient (Wildman–Crippen LogP) is 2.28. The minimum Gasteiger partial charge on any atom is -0.307 e. The van der Waals surface area contributed by atoms with Gasteiger partial charge in [-0.15, -0.1) is 0 Å². The molecule has 0 fully saturated rings. The van der Waals surface area contributed by atoms with Crippen molar-refractivity contribution in [2.45, 2.75) is 0 Å². The number of carbonyl (C=O) groups is 3. The van der Waals surface area contributed by atoms with Crippen LogP contribution in [0.4, 0.5) is 0 Å². The van der Waals surface area contributed by atoms with Gasteiger partial charge in [0.2, 0.25) is 0 Å². The van der Waals surface area contributed by atoms with Crippen LogP contribution in [0, 0.1) is 0 Å². The molecule has 0 spiro atoms. The van der Waals surface area contributed by atoms with Gasteiger partial charge >= 0.3 is 0 Å². The zero-order valence-corrected chi connectivity index (χ0v) is 9.55. The van der Waals surface area contributed by atoms with Crippen LogP contribution in [0.25, 0.3) is 0 Å². The van der Waals surface area contributed by atoms with Gasteiger partial charge in [0, 0.05) is 22.3 Å². The molecule has 0 saturated carbocycles. The van der Waals surface area contributed by atoms with E-state index in [1.165, 1.54) is 0 Å². The molecule has 0 saturated heterocycles. The zero-order chi connectivity index (χ0) is 13.1. The number of ketones is 2. The van der Waals surface area contributed by atoms with Crippen molar-refractivity contribution < 1.29 is 14.4 Å². The van der Waals surface area contributed by atoms with Crippen molar-refractivity contribution in [3.8, 4) is 0 Å². The Balaban J connectivity index is 0.000000574. The Morgan fingerprint density at radius 1 is 0.556 bits per heavy atom. The molecule has 3 heteroatoms. The molecule has 0 unspecified atom stereocenters. The van der Waals surface area contributed by atoms with E-state index in [4.69, 9.17) is 4.79 Å².